The summed E-state index contributed by atoms with van der Waals surface area (Å²) >= 11 is 5.89. The summed E-state index contributed by atoms with van der Waals surface area (Å²) in [7, 11) is 3.35. The first-order chi connectivity index (χ1) is 13.2. The Balaban J connectivity index is 0.00000280. The lowest BCUT2D eigenvalue weighted by Crippen LogP contribution is -2.36. The number of halogens is 2. The first-order valence-electron chi connectivity index (χ1n) is 8.34. The Hall–Kier alpha value is -2.33. The molecular weight excluding hydrogens is 493 g/mol. The molecule has 0 aliphatic carbocycles. The Kier molecular flexibility index (Phi) is 8.52. The molecule has 7 nitrogen and oxygen atoms in total. The predicted molar refractivity (Wildman–Crippen MR) is 120 cm³/mol. The molecule has 2 aromatic carbocycles. The molecule has 1 aromatic heterocycles. The van der Waals surface area contributed by atoms with Crippen LogP contribution in [-0.4, -0.2) is 30.3 Å². The number of rotatable bonds is 6. The van der Waals surface area contributed by atoms with Crippen LogP contribution in [0.3, 0.4) is 0 Å². The molecule has 9 heteroatoms. The van der Waals surface area contributed by atoms with Crippen LogP contribution in [0.25, 0.3) is 11.4 Å². The van der Waals surface area contributed by atoms with E-state index in [0.29, 0.717) is 35.8 Å². The average molecular weight is 514 g/mol. The second-order valence-electron chi connectivity index (χ2n) is 5.65. The quantitative estimate of drug-likeness (QED) is 0.296. The minimum atomic E-state index is 0. The maximum absolute atomic E-state index is 5.89. The number of aliphatic imine (C=N–C) groups is 1. The van der Waals surface area contributed by atoms with Gasteiger partial charge in [0.2, 0.25) is 11.7 Å². The maximum atomic E-state index is 5.89. The first-order valence-corrected chi connectivity index (χ1v) is 8.71. The van der Waals surface area contributed by atoms with Gasteiger partial charge < -0.3 is 19.9 Å². The summed E-state index contributed by atoms with van der Waals surface area (Å²) in [5, 5.41) is 11.0. The molecule has 0 atom stereocenters. The lowest BCUT2D eigenvalue weighted by molar-refractivity contribution is 0.375. The normalized spacial score (nSPS) is 10.9. The van der Waals surface area contributed by atoms with Gasteiger partial charge in [0.05, 0.1) is 13.7 Å². The third-order valence-electron chi connectivity index (χ3n) is 3.82. The highest BCUT2D eigenvalue weighted by Crippen LogP contribution is 2.18. The zero-order chi connectivity index (χ0) is 19.1. The Labute approximate surface area is 185 Å². The van der Waals surface area contributed by atoms with Crippen LogP contribution in [0.5, 0.6) is 5.75 Å². The predicted octanol–water partition coefficient (Wildman–Crippen LogP) is 3.88. The SMILES string of the molecule is CN=C(NCc1ccc(OC)cc1)NCc1nc(-c2ccc(Cl)cc2)no1.I. The summed E-state index contributed by atoms with van der Waals surface area (Å²) in [5.41, 5.74) is 1.96. The summed E-state index contributed by atoms with van der Waals surface area (Å²) in [4.78, 5) is 8.57. The van der Waals surface area contributed by atoms with Gasteiger partial charge in [-0.1, -0.05) is 28.9 Å². The summed E-state index contributed by atoms with van der Waals surface area (Å²) < 4.78 is 10.4. The summed E-state index contributed by atoms with van der Waals surface area (Å²) in [6.45, 7) is 0.992. The van der Waals surface area contributed by atoms with E-state index in [9.17, 15) is 0 Å². The van der Waals surface area contributed by atoms with E-state index in [1.807, 2.05) is 36.4 Å². The number of nitrogens with one attached hydrogen (secondary N) is 2. The highest BCUT2D eigenvalue weighted by molar-refractivity contribution is 14.0. The number of hydrogen-bond acceptors (Lipinski definition) is 5. The standard InChI is InChI=1S/C19H20ClN5O2.HI/c1-21-19(22-11-13-3-9-16(26-2)10-4-13)23-12-17-24-18(25-27-17)14-5-7-15(20)8-6-14;/h3-10H,11-12H2,1-2H3,(H2,21,22,23);1H. The molecule has 0 aliphatic heterocycles. The minimum absolute atomic E-state index is 0. The molecule has 3 aromatic rings. The van der Waals surface area contributed by atoms with Crippen LogP contribution in [-0.2, 0) is 13.1 Å². The van der Waals surface area contributed by atoms with E-state index in [1.165, 1.54) is 0 Å². The molecule has 0 aliphatic rings. The number of nitrogens with zero attached hydrogens (tertiary/aromatic N) is 3. The molecule has 0 fully saturated rings. The van der Waals surface area contributed by atoms with Crippen LogP contribution >= 0.6 is 35.6 Å². The Morgan fingerprint density at radius 1 is 1.07 bits per heavy atom. The third kappa shape index (κ3) is 6.10. The second kappa shape index (κ2) is 10.9. The summed E-state index contributed by atoms with van der Waals surface area (Å²) in [6, 6.07) is 15.1. The van der Waals surface area contributed by atoms with Gasteiger partial charge >= 0.3 is 0 Å². The fourth-order valence-electron chi connectivity index (χ4n) is 2.35. The van der Waals surface area contributed by atoms with Gasteiger partial charge in [-0.15, -0.1) is 24.0 Å². The Bertz CT molecular complexity index is 897. The van der Waals surface area contributed by atoms with Gasteiger partial charge in [0.1, 0.15) is 5.75 Å². The maximum Gasteiger partial charge on any atom is 0.246 e. The topological polar surface area (TPSA) is 84.6 Å². The molecule has 0 spiro atoms. The average Bonchev–Trinajstić information content (AvgIpc) is 3.18. The van der Waals surface area contributed by atoms with Gasteiger partial charge in [0.15, 0.2) is 5.96 Å². The van der Waals surface area contributed by atoms with Crippen molar-refractivity contribution in [3.05, 3.63) is 65.0 Å². The number of ether oxygens (including phenoxy) is 1. The number of methoxy groups -OCH3 is 1. The highest BCUT2D eigenvalue weighted by atomic mass is 127. The van der Waals surface area contributed by atoms with Crippen molar-refractivity contribution in [1.82, 2.24) is 20.8 Å². The monoisotopic (exact) mass is 513 g/mol. The molecule has 3 rings (SSSR count). The van der Waals surface area contributed by atoms with Crippen molar-refractivity contribution in [2.45, 2.75) is 13.1 Å². The second-order valence-corrected chi connectivity index (χ2v) is 6.08. The molecule has 2 N–H and O–H groups in total. The van der Waals surface area contributed by atoms with Crippen LogP contribution in [0.1, 0.15) is 11.5 Å². The molecule has 0 saturated carbocycles. The van der Waals surface area contributed by atoms with Crippen LogP contribution in [0.15, 0.2) is 58.0 Å². The van der Waals surface area contributed by atoms with E-state index >= 15 is 0 Å². The van der Waals surface area contributed by atoms with E-state index in [-0.39, 0.29) is 24.0 Å². The fourth-order valence-corrected chi connectivity index (χ4v) is 2.48. The third-order valence-corrected chi connectivity index (χ3v) is 4.07. The number of aromatic nitrogens is 2. The molecule has 0 unspecified atom stereocenters. The van der Waals surface area contributed by atoms with Crippen molar-refractivity contribution >= 4 is 41.5 Å². The van der Waals surface area contributed by atoms with E-state index in [0.717, 1.165) is 16.9 Å². The number of benzene rings is 2. The first kappa shape index (κ1) is 22.0. The summed E-state index contributed by atoms with van der Waals surface area (Å²) in [5.74, 6) is 2.45. The van der Waals surface area contributed by atoms with Crippen LogP contribution in [0.4, 0.5) is 0 Å². The van der Waals surface area contributed by atoms with Crippen molar-refractivity contribution in [3.63, 3.8) is 0 Å². The summed E-state index contributed by atoms with van der Waals surface area (Å²) in [6.07, 6.45) is 0. The van der Waals surface area contributed by atoms with Crippen molar-refractivity contribution in [1.29, 1.82) is 0 Å². The largest absolute Gasteiger partial charge is 0.497 e. The number of hydrogen-bond donors (Lipinski definition) is 2. The van der Waals surface area contributed by atoms with E-state index in [4.69, 9.17) is 20.9 Å². The fraction of sp³-hybridized carbons (Fsp3) is 0.211. The van der Waals surface area contributed by atoms with Crippen LogP contribution in [0, 0.1) is 0 Å². The lowest BCUT2D eigenvalue weighted by Gasteiger charge is -2.10. The lowest BCUT2D eigenvalue weighted by atomic mass is 10.2. The van der Waals surface area contributed by atoms with Gasteiger partial charge in [0.25, 0.3) is 0 Å². The smallest absolute Gasteiger partial charge is 0.246 e. The molecule has 0 amide bonds. The molecule has 28 heavy (non-hydrogen) atoms. The molecule has 1 heterocycles. The van der Waals surface area contributed by atoms with Crippen molar-refractivity contribution in [2.24, 2.45) is 4.99 Å². The Morgan fingerprint density at radius 3 is 2.39 bits per heavy atom. The van der Waals surface area contributed by atoms with Gasteiger partial charge in [-0.3, -0.25) is 4.99 Å². The van der Waals surface area contributed by atoms with Gasteiger partial charge in [-0.05, 0) is 42.0 Å². The molecule has 0 bridgehead atoms. The van der Waals surface area contributed by atoms with Crippen LogP contribution < -0.4 is 15.4 Å². The van der Waals surface area contributed by atoms with Crippen molar-refractivity contribution < 1.29 is 9.26 Å². The zero-order valence-corrected chi connectivity index (χ0v) is 18.6. The van der Waals surface area contributed by atoms with Crippen molar-refractivity contribution in [3.8, 4) is 17.1 Å². The molecule has 0 radical (unpaired) electrons. The molecule has 0 saturated heterocycles. The molecular formula is C19H21ClIN5O2. The molecule has 148 valence electrons. The van der Waals surface area contributed by atoms with Crippen molar-refractivity contribution in [2.75, 3.05) is 14.2 Å². The Morgan fingerprint density at radius 2 is 1.75 bits per heavy atom. The highest BCUT2D eigenvalue weighted by Gasteiger charge is 2.09. The van der Waals surface area contributed by atoms with Crippen LogP contribution in [0.2, 0.25) is 5.02 Å². The van der Waals surface area contributed by atoms with E-state index in [1.54, 1.807) is 26.3 Å². The van der Waals surface area contributed by atoms with E-state index < -0.39 is 0 Å². The number of guanidine groups is 1. The minimum Gasteiger partial charge on any atom is -0.497 e. The van der Waals surface area contributed by atoms with E-state index in [2.05, 4.69) is 25.8 Å². The zero-order valence-electron chi connectivity index (χ0n) is 15.5. The van der Waals surface area contributed by atoms with Gasteiger partial charge in [-0.2, -0.15) is 4.98 Å². The van der Waals surface area contributed by atoms with Gasteiger partial charge in [-0.25, -0.2) is 0 Å². The van der Waals surface area contributed by atoms with Gasteiger partial charge in [0, 0.05) is 24.2 Å².